The molecule has 1 atom stereocenters. The lowest BCUT2D eigenvalue weighted by Gasteiger charge is -2.26. The minimum absolute atomic E-state index is 0.0174. The average molecular weight is 550 g/mol. The Labute approximate surface area is 208 Å². The van der Waals surface area contributed by atoms with Crippen molar-refractivity contribution in [2.75, 3.05) is 41.3 Å². The van der Waals surface area contributed by atoms with E-state index in [1.165, 1.54) is 43.3 Å². The summed E-state index contributed by atoms with van der Waals surface area (Å²) in [5.74, 6) is -1.78. The molecule has 1 saturated heterocycles. The summed E-state index contributed by atoms with van der Waals surface area (Å²) in [6, 6.07) is 12.1. The van der Waals surface area contributed by atoms with Gasteiger partial charge in [0.2, 0.25) is 10.0 Å². The summed E-state index contributed by atoms with van der Waals surface area (Å²) in [6.45, 7) is 1.08. The van der Waals surface area contributed by atoms with Crippen molar-refractivity contribution in [2.45, 2.75) is 17.4 Å². The predicted molar refractivity (Wildman–Crippen MR) is 134 cm³/mol. The molecular formula is C24H28BrN3O5S. The first-order chi connectivity index (χ1) is 15.9. The Morgan fingerprint density at radius 2 is 1.71 bits per heavy atom. The molecule has 0 bridgehead atoms. The number of sulfonamides is 1. The predicted octanol–water partition coefficient (Wildman–Crippen LogP) is 3.07. The highest BCUT2D eigenvalue weighted by Gasteiger charge is 2.45. The van der Waals surface area contributed by atoms with Crippen molar-refractivity contribution in [1.29, 1.82) is 0 Å². The van der Waals surface area contributed by atoms with Crippen LogP contribution in [0.3, 0.4) is 0 Å². The van der Waals surface area contributed by atoms with E-state index < -0.39 is 27.8 Å². The van der Waals surface area contributed by atoms with E-state index in [9.17, 15) is 23.1 Å². The molecule has 0 spiro atoms. The van der Waals surface area contributed by atoms with Crippen LogP contribution in [0.5, 0.6) is 0 Å². The largest absolute Gasteiger partial charge is 0.507 e. The number of ketones is 1. The van der Waals surface area contributed by atoms with Gasteiger partial charge in [-0.05, 0) is 69.0 Å². The number of amides is 1. The summed E-state index contributed by atoms with van der Waals surface area (Å²) in [5, 5.41) is 11.1. The van der Waals surface area contributed by atoms with Gasteiger partial charge in [0.1, 0.15) is 5.76 Å². The fourth-order valence-corrected chi connectivity index (χ4v) is 5.16. The van der Waals surface area contributed by atoms with Gasteiger partial charge in [0.25, 0.3) is 11.7 Å². The van der Waals surface area contributed by atoms with Crippen molar-refractivity contribution in [2.24, 2.45) is 0 Å². The van der Waals surface area contributed by atoms with Gasteiger partial charge in [-0.1, -0.05) is 28.1 Å². The fourth-order valence-electron chi connectivity index (χ4n) is 3.84. The molecule has 0 aromatic heterocycles. The van der Waals surface area contributed by atoms with Gasteiger partial charge in [-0.15, -0.1) is 0 Å². The third kappa shape index (κ3) is 5.25. The molecule has 8 nitrogen and oxygen atoms in total. The van der Waals surface area contributed by atoms with Gasteiger partial charge in [0.05, 0.1) is 16.5 Å². The molecule has 34 heavy (non-hydrogen) atoms. The molecule has 2 aromatic rings. The number of hydrogen-bond donors (Lipinski definition) is 1. The molecule has 0 aliphatic carbocycles. The number of benzene rings is 2. The van der Waals surface area contributed by atoms with Crippen LogP contribution in [0.4, 0.5) is 0 Å². The van der Waals surface area contributed by atoms with Crippen LogP contribution in [-0.2, 0) is 19.6 Å². The van der Waals surface area contributed by atoms with Crippen LogP contribution < -0.4 is 0 Å². The number of aliphatic hydroxyl groups excluding tert-OH is 1. The minimum atomic E-state index is -3.65. The van der Waals surface area contributed by atoms with Crippen LogP contribution in [-0.4, -0.2) is 80.6 Å². The van der Waals surface area contributed by atoms with Crippen molar-refractivity contribution in [1.82, 2.24) is 14.1 Å². The second-order valence-electron chi connectivity index (χ2n) is 8.52. The summed E-state index contributed by atoms with van der Waals surface area (Å²) in [4.78, 5) is 29.6. The van der Waals surface area contributed by atoms with E-state index >= 15 is 0 Å². The Morgan fingerprint density at radius 3 is 2.26 bits per heavy atom. The molecule has 3 rings (SSSR count). The lowest BCUT2D eigenvalue weighted by Crippen LogP contribution is -2.32. The fraction of sp³-hybridized carbons (Fsp3) is 0.333. The first-order valence-corrected chi connectivity index (χ1v) is 12.9. The van der Waals surface area contributed by atoms with E-state index in [0.717, 1.165) is 15.3 Å². The molecule has 1 fully saturated rings. The molecule has 1 aliphatic heterocycles. The van der Waals surface area contributed by atoms with E-state index in [2.05, 4.69) is 15.9 Å². The summed E-state index contributed by atoms with van der Waals surface area (Å²) in [6.07, 6.45) is 0.654. The molecule has 1 aliphatic rings. The zero-order valence-electron chi connectivity index (χ0n) is 19.5. The van der Waals surface area contributed by atoms with Crippen LogP contribution in [0.15, 0.2) is 63.5 Å². The second-order valence-corrected chi connectivity index (χ2v) is 11.6. The molecule has 1 amide bonds. The number of halogens is 1. The summed E-state index contributed by atoms with van der Waals surface area (Å²) >= 11 is 3.44. The molecule has 0 saturated carbocycles. The first kappa shape index (κ1) is 26.1. The Hall–Kier alpha value is -2.53. The smallest absolute Gasteiger partial charge is 0.295 e. The number of carbonyl (C=O) groups excluding carboxylic acids is 2. The van der Waals surface area contributed by atoms with Crippen LogP contribution in [0.25, 0.3) is 5.76 Å². The number of carbonyl (C=O) groups is 2. The third-order valence-electron chi connectivity index (χ3n) is 5.62. The van der Waals surface area contributed by atoms with Gasteiger partial charge in [-0.25, -0.2) is 12.7 Å². The number of hydrogen-bond acceptors (Lipinski definition) is 6. The van der Waals surface area contributed by atoms with E-state index in [0.29, 0.717) is 18.5 Å². The summed E-state index contributed by atoms with van der Waals surface area (Å²) < 4.78 is 26.6. The Balaban J connectivity index is 2.09. The number of likely N-dealkylation sites (tertiary alicyclic amines) is 1. The molecule has 2 aromatic carbocycles. The maximum Gasteiger partial charge on any atom is 0.295 e. The highest BCUT2D eigenvalue weighted by atomic mass is 79.9. The van der Waals surface area contributed by atoms with Crippen molar-refractivity contribution >= 4 is 43.4 Å². The average Bonchev–Trinajstić information content (AvgIpc) is 3.03. The van der Waals surface area contributed by atoms with Gasteiger partial charge in [-0.2, -0.15) is 0 Å². The second kappa shape index (κ2) is 10.4. The van der Waals surface area contributed by atoms with Crippen molar-refractivity contribution < 1.29 is 23.1 Å². The lowest BCUT2D eigenvalue weighted by atomic mass is 9.95. The van der Waals surface area contributed by atoms with Gasteiger partial charge >= 0.3 is 0 Å². The molecule has 182 valence electrons. The minimum Gasteiger partial charge on any atom is -0.507 e. The van der Waals surface area contributed by atoms with E-state index in [-0.39, 0.29) is 21.8 Å². The van der Waals surface area contributed by atoms with Gasteiger partial charge in [0, 0.05) is 30.7 Å². The number of rotatable bonds is 8. The van der Waals surface area contributed by atoms with Crippen molar-refractivity contribution in [3.8, 4) is 0 Å². The molecule has 0 radical (unpaired) electrons. The Kier molecular flexibility index (Phi) is 7.97. The first-order valence-electron chi connectivity index (χ1n) is 10.7. The quantitative estimate of drug-likeness (QED) is 0.308. The zero-order valence-corrected chi connectivity index (χ0v) is 21.9. The van der Waals surface area contributed by atoms with E-state index in [4.69, 9.17) is 0 Å². The van der Waals surface area contributed by atoms with Crippen molar-refractivity contribution in [3.63, 3.8) is 0 Å². The lowest BCUT2D eigenvalue weighted by molar-refractivity contribution is -0.139. The van der Waals surface area contributed by atoms with Crippen LogP contribution in [0.1, 0.15) is 23.6 Å². The molecule has 0 unspecified atom stereocenters. The molecule has 1 N–H and O–H groups in total. The number of nitrogens with zero attached hydrogens (tertiary/aromatic N) is 3. The highest BCUT2D eigenvalue weighted by molar-refractivity contribution is 9.10. The van der Waals surface area contributed by atoms with Crippen molar-refractivity contribution in [3.05, 3.63) is 69.7 Å². The topological polar surface area (TPSA) is 98.2 Å². The maximum absolute atomic E-state index is 13.1. The molecule has 10 heteroatoms. The highest BCUT2D eigenvalue weighted by Crippen LogP contribution is 2.40. The van der Waals surface area contributed by atoms with E-state index in [1.807, 2.05) is 31.1 Å². The van der Waals surface area contributed by atoms with Crippen LogP contribution >= 0.6 is 15.9 Å². The van der Waals surface area contributed by atoms with Gasteiger partial charge in [0.15, 0.2) is 0 Å². The summed E-state index contributed by atoms with van der Waals surface area (Å²) in [5.41, 5.74) is 0.923. The number of aliphatic hydroxyl groups is 1. The van der Waals surface area contributed by atoms with E-state index in [1.54, 1.807) is 12.1 Å². The van der Waals surface area contributed by atoms with Gasteiger partial charge in [-0.3, -0.25) is 9.59 Å². The Morgan fingerprint density at radius 1 is 1.06 bits per heavy atom. The maximum atomic E-state index is 13.1. The van der Waals surface area contributed by atoms with Crippen LogP contribution in [0.2, 0.25) is 0 Å². The van der Waals surface area contributed by atoms with Gasteiger partial charge < -0.3 is 14.9 Å². The monoisotopic (exact) mass is 549 g/mol. The molecular weight excluding hydrogens is 522 g/mol. The van der Waals surface area contributed by atoms with Crippen LogP contribution in [0, 0.1) is 0 Å². The number of Topliss-reactive ketones (excluding diaryl/α,β-unsaturated/α-hetero) is 1. The zero-order chi connectivity index (χ0) is 25.2. The summed E-state index contributed by atoms with van der Waals surface area (Å²) in [7, 11) is 3.07. The molecule has 1 heterocycles. The normalized spacial score (nSPS) is 18.3. The Bertz CT molecular complexity index is 1220. The third-order valence-corrected chi connectivity index (χ3v) is 7.94. The SMILES string of the molecule is CN(C)CCCN1C(=O)C(=O)C(=C(O)c2ccc(S(=O)(=O)N(C)C)cc2)[C@@H]1c1cccc(Br)c1. The standard InChI is InChI=1S/C24H28BrN3O5S/c1-26(2)13-6-14-28-21(17-7-5-8-18(25)15-17)20(23(30)24(28)31)22(29)16-9-11-19(12-10-16)34(32,33)27(3)4/h5,7-12,15,21,29H,6,13-14H2,1-4H3/t21-/m0/s1.